The second-order valence-electron chi connectivity index (χ2n) is 8.10. The average Bonchev–Trinajstić information content (AvgIpc) is 3.35. The van der Waals surface area contributed by atoms with Crippen LogP contribution in [0.25, 0.3) is 27.4 Å². The van der Waals surface area contributed by atoms with Crippen LogP contribution in [0.2, 0.25) is 5.02 Å². The van der Waals surface area contributed by atoms with Crippen molar-refractivity contribution in [2.24, 2.45) is 0 Å². The zero-order valence-corrected chi connectivity index (χ0v) is 21.9. The lowest BCUT2D eigenvalue weighted by Crippen LogP contribution is -2.62. The Morgan fingerprint density at radius 3 is 2.60 bits per heavy atom. The van der Waals surface area contributed by atoms with Crippen molar-refractivity contribution >= 4 is 66.8 Å². The molecule has 3 aromatic carbocycles. The maximum Gasteiger partial charge on any atom is 0.273 e. The van der Waals surface area contributed by atoms with Crippen molar-refractivity contribution in [1.29, 1.82) is 0 Å². The lowest BCUT2D eigenvalue weighted by atomic mass is 10.1. The largest absolute Gasteiger partial charge is 0.748 e. The molecule has 0 unspecified atom stereocenters. The molecule has 0 amide bonds. The van der Waals surface area contributed by atoms with Crippen LogP contribution >= 0.6 is 34.7 Å². The lowest BCUT2D eigenvalue weighted by Gasteiger charge is -2.20. The fraction of sp³-hybridized carbons (Fsp3) is 0.160. The molecule has 3 N–H and O–H groups in total. The Bertz CT molecular complexity index is 1540. The number of thioether (sulfide) groups is 1. The highest BCUT2D eigenvalue weighted by Crippen LogP contribution is 2.48. The van der Waals surface area contributed by atoms with Crippen molar-refractivity contribution in [1.82, 2.24) is 0 Å². The van der Waals surface area contributed by atoms with E-state index in [1.165, 1.54) is 0 Å². The molecule has 10 heteroatoms. The first-order valence-electron chi connectivity index (χ1n) is 11.0. The van der Waals surface area contributed by atoms with E-state index in [2.05, 4.69) is 46.7 Å². The number of benzene rings is 3. The maximum absolute atomic E-state index is 11.2. The summed E-state index contributed by atoms with van der Waals surface area (Å²) in [7, 11) is -4.27. The lowest BCUT2D eigenvalue weighted by molar-refractivity contribution is -0.795. The number of hydrogen-bond acceptors (Lipinski definition) is 6. The Morgan fingerprint density at radius 1 is 1.06 bits per heavy atom. The van der Waals surface area contributed by atoms with E-state index in [0.717, 1.165) is 42.0 Å². The summed E-state index contributed by atoms with van der Waals surface area (Å²) in [6.45, 7) is 0.969. The first-order chi connectivity index (χ1) is 16.8. The minimum atomic E-state index is -4.27. The summed E-state index contributed by atoms with van der Waals surface area (Å²) >= 11 is 9.55. The first-order valence-corrected chi connectivity index (χ1v) is 14.6. The smallest absolute Gasteiger partial charge is 0.273 e. The summed E-state index contributed by atoms with van der Waals surface area (Å²) in [5, 5.41) is 2.61. The summed E-state index contributed by atoms with van der Waals surface area (Å²) in [5.41, 5.74) is 8.51. The maximum atomic E-state index is 11.2. The summed E-state index contributed by atoms with van der Waals surface area (Å²) in [6.07, 6.45) is 2.35. The van der Waals surface area contributed by atoms with Crippen molar-refractivity contribution in [3.05, 3.63) is 81.8 Å². The van der Waals surface area contributed by atoms with Gasteiger partial charge in [0.1, 0.15) is 4.70 Å². The predicted octanol–water partition coefficient (Wildman–Crippen LogP) is 4.55. The van der Waals surface area contributed by atoms with Gasteiger partial charge in [-0.3, -0.25) is 0 Å². The second kappa shape index (κ2) is 9.93. The molecule has 0 spiro atoms. The van der Waals surface area contributed by atoms with Gasteiger partial charge in [0.2, 0.25) is 5.52 Å². The number of aromatic nitrogens is 1. The molecule has 35 heavy (non-hydrogen) atoms. The van der Waals surface area contributed by atoms with E-state index in [9.17, 15) is 13.0 Å². The second-order valence-corrected chi connectivity index (χ2v) is 12.2. The first kappa shape index (κ1) is 24.3. The molecular formula is C25H23ClN3O3S3+. The van der Waals surface area contributed by atoms with Crippen molar-refractivity contribution in [3.63, 3.8) is 0 Å². The third-order valence-corrected chi connectivity index (χ3v) is 9.03. The monoisotopic (exact) mass is 544 g/mol. The van der Waals surface area contributed by atoms with Gasteiger partial charge in [-0.1, -0.05) is 71.1 Å². The molecule has 0 aliphatic carbocycles. The fourth-order valence-electron chi connectivity index (χ4n) is 4.17. The quantitative estimate of drug-likeness (QED) is 0.272. The Kier molecular flexibility index (Phi) is 6.89. The molecule has 1 aliphatic heterocycles. The molecule has 0 atom stereocenters. The van der Waals surface area contributed by atoms with Gasteiger partial charge in [0.25, 0.3) is 11.7 Å². The molecule has 4 aromatic rings. The summed E-state index contributed by atoms with van der Waals surface area (Å²) < 4.78 is 36.9. The summed E-state index contributed by atoms with van der Waals surface area (Å²) in [4.78, 5) is 3.09. The molecule has 0 fully saturated rings. The van der Waals surface area contributed by atoms with Gasteiger partial charge in [0.15, 0.2) is 0 Å². The van der Waals surface area contributed by atoms with Gasteiger partial charge in [0, 0.05) is 28.3 Å². The molecule has 1 aliphatic rings. The molecule has 0 radical (unpaired) electrons. The molecular weight excluding hydrogens is 522 g/mol. The summed E-state index contributed by atoms with van der Waals surface area (Å²) in [5.74, 6) is -0.401. The van der Waals surface area contributed by atoms with Crippen molar-refractivity contribution in [2.75, 3.05) is 17.2 Å². The van der Waals surface area contributed by atoms with Gasteiger partial charge in [0.05, 0.1) is 26.9 Å². The fourth-order valence-corrected chi connectivity index (χ4v) is 7.10. The van der Waals surface area contributed by atoms with Gasteiger partial charge in [-0.15, -0.1) is 4.57 Å². The van der Waals surface area contributed by atoms with Gasteiger partial charge in [-0.25, -0.2) is 8.42 Å². The van der Waals surface area contributed by atoms with E-state index in [1.54, 1.807) is 23.1 Å². The van der Waals surface area contributed by atoms with E-state index in [4.69, 9.17) is 11.6 Å². The number of quaternary nitrogens is 1. The highest BCUT2D eigenvalue weighted by Gasteiger charge is 2.28. The Balaban J connectivity index is 1.54. The van der Waals surface area contributed by atoms with E-state index < -0.39 is 15.9 Å². The molecule has 0 bridgehead atoms. The third-order valence-electron chi connectivity index (χ3n) is 5.78. The van der Waals surface area contributed by atoms with Crippen LogP contribution in [0.15, 0.2) is 76.7 Å². The zero-order valence-electron chi connectivity index (χ0n) is 18.7. The molecule has 180 valence electrons. The Morgan fingerprint density at radius 2 is 1.86 bits per heavy atom. The minimum absolute atomic E-state index is 0.234. The van der Waals surface area contributed by atoms with Crippen LogP contribution in [-0.2, 0) is 16.8 Å². The van der Waals surface area contributed by atoms with Gasteiger partial charge < -0.3 is 15.2 Å². The third kappa shape index (κ3) is 5.25. The van der Waals surface area contributed by atoms with Crippen LogP contribution in [0.3, 0.4) is 0 Å². The molecule has 2 heterocycles. The molecule has 0 saturated heterocycles. The van der Waals surface area contributed by atoms with E-state index in [0.29, 0.717) is 18.2 Å². The predicted molar refractivity (Wildman–Crippen MR) is 142 cm³/mol. The van der Waals surface area contributed by atoms with Crippen LogP contribution in [0.1, 0.15) is 11.4 Å². The van der Waals surface area contributed by atoms with Crippen LogP contribution < -0.4 is 15.2 Å². The van der Waals surface area contributed by atoms with Gasteiger partial charge in [-0.2, -0.15) is 0 Å². The number of anilines is 1. The number of rotatable bonds is 7. The van der Waals surface area contributed by atoms with Crippen LogP contribution in [-0.4, -0.2) is 25.3 Å². The molecule has 0 saturated carbocycles. The SMILES string of the molecule is [NH3+]C[n+]1c(C=C2Sc3ccc(Cl)cc3N2CCCS(=O)(=O)[O-])sc2ccc(-c3ccccc3)cc21. The molecule has 6 nitrogen and oxygen atoms in total. The number of nitrogens with zero attached hydrogens (tertiary/aromatic N) is 2. The van der Waals surface area contributed by atoms with Crippen LogP contribution in [0, 0.1) is 0 Å². The number of halogens is 1. The van der Waals surface area contributed by atoms with Gasteiger partial charge >= 0.3 is 0 Å². The van der Waals surface area contributed by atoms with Crippen LogP contribution in [0.5, 0.6) is 0 Å². The van der Waals surface area contributed by atoms with E-state index in [-0.39, 0.29) is 6.42 Å². The van der Waals surface area contributed by atoms with Crippen molar-refractivity contribution in [3.8, 4) is 11.1 Å². The van der Waals surface area contributed by atoms with Crippen molar-refractivity contribution < 1.29 is 23.3 Å². The standard InChI is InChI=1S/C25H22ClN3O3S3/c26-19-8-10-23-21(14-19)28(11-4-12-35(30,31)32)24(33-23)15-25-29(16-27)20-13-18(7-9-22(20)34-25)17-5-2-1-3-6-17/h1-3,5-10,13-15H,4,11-12,16,27H2/p+1. The highest BCUT2D eigenvalue weighted by atomic mass is 35.5. The van der Waals surface area contributed by atoms with E-state index >= 15 is 0 Å². The van der Waals surface area contributed by atoms with Gasteiger partial charge in [-0.05, 0) is 41.8 Å². The number of hydrogen-bond donors (Lipinski definition) is 1. The Hall–Kier alpha value is -2.40. The summed E-state index contributed by atoms with van der Waals surface area (Å²) in [6, 6.07) is 22.4. The highest BCUT2D eigenvalue weighted by molar-refractivity contribution is 8.03. The average molecular weight is 545 g/mol. The molecule has 5 rings (SSSR count). The number of fused-ring (bicyclic) bond motifs is 2. The van der Waals surface area contributed by atoms with E-state index in [1.807, 2.05) is 41.3 Å². The number of thiazole rings is 1. The zero-order chi connectivity index (χ0) is 24.6. The Labute approximate surface area is 217 Å². The van der Waals surface area contributed by atoms with Crippen LogP contribution in [0.4, 0.5) is 5.69 Å². The topological polar surface area (TPSA) is 92.0 Å². The van der Waals surface area contributed by atoms with Crippen molar-refractivity contribution in [2.45, 2.75) is 18.0 Å². The normalized spacial score (nSPS) is 14.7. The minimum Gasteiger partial charge on any atom is -0.748 e. The molecule has 1 aromatic heterocycles.